The minimum atomic E-state index is 0.212. The highest BCUT2D eigenvalue weighted by Crippen LogP contribution is 2.28. The van der Waals surface area contributed by atoms with Gasteiger partial charge in [0.05, 0.1) is 19.3 Å². The smallest absolute Gasteiger partial charge is 0.236 e. The van der Waals surface area contributed by atoms with Crippen LogP contribution in [0.5, 0.6) is 5.75 Å². The van der Waals surface area contributed by atoms with Gasteiger partial charge in [-0.15, -0.1) is 0 Å². The summed E-state index contributed by atoms with van der Waals surface area (Å²) in [6.45, 7) is 8.69. The van der Waals surface area contributed by atoms with E-state index < -0.39 is 0 Å². The molecule has 150 valence electrons. The fourth-order valence-corrected chi connectivity index (χ4v) is 3.60. The fourth-order valence-electron chi connectivity index (χ4n) is 3.60. The Balaban J connectivity index is 1.56. The summed E-state index contributed by atoms with van der Waals surface area (Å²) in [6.07, 6.45) is 0. The number of ether oxygens (including phenoxy) is 1. The summed E-state index contributed by atoms with van der Waals surface area (Å²) < 4.78 is 5.48. The number of rotatable bonds is 7. The number of methoxy groups -OCH3 is 1. The second-order valence-electron chi connectivity index (χ2n) is 7.52. The van der Waals surface area contributed by atoms with Gasteiger partial charge in [0.15, 0.2) is 0 Å². The van der Waals surface area contributed by atoms with E-state index in [-0.39, 0.29) is 5.91 Å². The highest BCUT2D eigenvalue weighted by molar-refractivity contribution is 5.78. The maximum atomic E-state index is 12.9. The van der Waals surface area contributed by atoms with Crippen molar-refractivity contribution in [2.45, 2.75) is 26.4 Å². The molecular formula is C23H31N3O2. The van der Waals surface area contributed by atoms with Crippen molar-refractivity contribution in [2.24, 2.45) is 0 Å². The molecule has 0 N–H and O–H groups in total. The monoisotopic (exact) mass is 381 g/mol. The molecule has 0 atom stereocenters. The number of hydrogen-bond acceptors (Lipinski definition) is 4. The van der Waals surface area contributed by atoms with Gasteiger partial charge in [-0.05, 0) is 31.5 Å². The lowest BCUT2D eigenvalue weighted by atomic mass is 10.2. The van der Waals surface area contributed by atoms with Crippen LogP contribution in [0.15, 0.2) is 54.6 Å². The Kier molecular flexibility index (Phi) is 6.93. The molecule has 2 aromatic carbocycles. The van der Waals surface area contributed by atoms with Crippen LogP contribution in [0.1, 0.15) is 19.4 Å². The minimum Gasteiger partial charge on any atom is -0.495 e. The van der Waals surface area contributed by atoms with Crippen LogP contribution < -0.4 is 9.64 Å². The number of piperazine rings is 1. The van der Waals surface area contributed by atoms with Gasteiger partial charge in [0, 0.05) is 38.8 Å². The summed E-state index contributed by atoms with van der Waals surface area (Å²) in [7, 11) is 1.70. The predicted molar refractivity (Wildman–Crippen MR) is 114 cm³/mol. The number of para-hydroxylation sites is 2. The average molecular weight is 382 g/mol. The Bertz CT molecular complexity index is 755. The predicted octanol–water partition coefficient (Wildman–Crippen LogP) is 3.25. The number of carbonyl (C=O) groups is 1. The Labute approximate surface area is 168 Å². The largest absolute Gasteiger partial charge is 0.495 e. The first-order valence-electron chi connectivity index (χ1n) is 10.0. The summed E-state index contributed by atoms with van der Waals surface area (Å²) in [5, 5.41) is 0. The van der Waals surface area contributed by atoms with Gasteiger partial charge in [-0.3, -0.25) is 9.69 Å². The first-order chi connectivity index (χ1) is 13.6. The standard InChI is InChI=1S/C23H31N3O2/c1-19(2)26(17-20-9-5-4-6-10-20)18-23(27)25-15-13-24(14-16-25)21-11-7-8-12-22(21)28-3/h4-12,19H,13-18H2,1-3H3. The molecular weight excluding hydrogens is 350 g/mol. The Morgan fingerprint density at radius 1 is 1.00 bits per heavy atom. The lowest BCUT2D eigenvalue weighted by molar-refractivity contribution is -0.133. The van der Waals surface area contributed by atoms with Gasteiger partial charge in [-0.2, -0.15) is 0 Å². The van der Waals surface area contributed by atoms with Gasteiger partial charge in [0.25, 0.3) is 0 Å². The summed E-state index contributed by atoms with van der Waals surface area (Å²) in [5.41, 5.74) is 2.34. The molecule has 1 heterocycles. The number of nitrogens with zero attached hydrogens (tertiary/aromatic N) is 3. The Hall–Kier alpha value is -2.53. The SMILES string of the molecule is COc1ccccc1N1CCN(C(=O)CN(Cc2ccccc2)C(C)C)CC1. The molecule has 0 spiro atoms. The molecule has 1 amide bonds. The minimum absolute atomic E-state index is 0.212. The molecule has 0 radical (unpaired) electrons. The Morgan fingerprint density at radius 3 is 2.29 bits per heavy atom. The third kappa shape index (κ3) is 5.04. The van der Waals surface area contributed by atoms with Crippen LogP contribution in [-0.4, -0.2) is 61.6 Å². The molecule has 5 heteroatoms. The van der Waals surface area contributed by atoms with Crippen LogP contribution in [0.3, 0.4) is 0 Å². The summed E-state index contributed by atoms with van der Waals surface area (Å²) in [6, 6.07) is 18.7. The second-order valence-corrected chi connectivity index (χ2v) is 7.52. The Morgan fingerprint density at radius 2 is 1.64 bits per heavy atom. The van der Waals surface area contributed by atoms with Crippen molar-refractivity contribution in [1.82, 2.24) is 9.80 Å². The van der Waals surface area contributed by atoms with Crippen molar-refractivity contribution >= 4 is 11.6 Å². The van der Waals surface area contributed by atoms with E-state index in [4.69, 9.17) is 4.74 Å². The molecule has 0 bridgehead atoms. The summed E-state index contributed by atoms with van der Waals surface area (Å²) in [5.74, 6) is 1.10. The van der Waals surface area contributed by atoms with Crippen molar-refractivity contribution in [2.75, 3.05) is 44.7 Å². The molecule has 1 aliphatic rings. The summed E-state index contributed by atoms with van der Waals surface area (Å²) in [4.78, 5) is 19.4. The number of anilines is 1. The highest BCUT2D eigenvalue weighted by atomic mass is 16.5. The zero-order valence-corrected chi connectivity index (χ0v) is 17.2. The van der Waals surface area contributed by atoms with Crippen molar-refractivity contribution in [3.8, 4) is 5.75 Å². The molecule has 0 saturated carbocycles. The van der Waals surface area contributed by atoms with E-state index >= 15 is 0 Å². The van der Waals surface area contributed by atoms with E-state index in [0.717, 1.165) is 44.2 Å². The van der Waals surface area contributed by atoms with Crippen molar-refractivity contribution in [3.05, 3.63) is 60.2 Å². The number of hydrogen-bond donors (Lipinski definition) is 0. The van der Waals surface area contributed by atoms with Crippen LogP contribution in [0.2, 0.25) is 0 Å². The van der Waals surface area contributed by atoms with E-state index in [2.05, 4.69) is 41.8 Å². The summed E-state index contributed by atoms with van der Waals surface area (Å²) >= 11 is 0. The van der Waals surface area contributed by atoms with Gasteiger partial charge < -0.3 is 14.5 Å². The molecule has 3 rings (SSSR count). The van der Waals surface area contributed by atoms with Crippen LogP contribution in [0.25, 0.3) is 0 Å². The molecule has 1 saturated heterocycles. The zero-order chi connectivity index (χ0) is 19.9. The third-order valence-corrected chi connectivity index (χ3v) is 5.36. The molecule has 0 aliphatic carbocycles. The fraction of sp³-hybridized carbons (Fsp3) is 0.435. The number of carbonyl (C=O) groups excluding carboxylic acids is 1. The van der Waals surface area contributed by atoms with Gasteiger partial charge in [-0.25, -0.2) is 0 Å². The lowest BCUT2D eigenvalue weighted by Crippen LogP contribution is -2.51. The zero-order valence-electron chi connectivity index (χ0n) is 17.2. The molecule has 0 unspecified atom stereocenters. The van der Waals surface area contributed by atoms with Crippen molar-refractivity contribution in [3.63, 3.8) is 0 Å². The van der Waals surface area contributed by atoms with Crippen LogP contribution in [-0.2, 0) is 11.3 Å². The third-order valence-electron chi connectivity index (χ3n) is 5.36. The van der Waals surface area contributed by atoms with Crippen molar-refractivity contribution in [1.29, 1.82) is 0 Å². The van der Waals surface area contributed by atoms with Crippen LogP contribution in [0.4, 0.5) is 5.69 Å². The maximum absolute atomic E-state index is 12.9. The topological polar surface area (TPSA) is 36.0 Å². The van der Waals surface area contributed by atoms with Crippen LogP contribution >= 0.6 is 0 Å². The quantitative estimate of drug-likeness (QED) is 0.738. The number of amides is 1. The maximum Gasteiger partial charge on any atom is 0.236 e. The molecule has 2 aromatic rings. The van der Waals surface area contributed by atoms with E-state index in [1.807, 2.05) is 41.3 Å². The van der Waals surface area contributed by atoms with E-state index in [0.29, 0.717) is 12.6 Å². The molecule has 28 heavy (non-hydrogen) atoms. The van der Waals surface area contributed by atoms with E-state index in [9.17, 15) is 4.79 Å². The van der Waals surface area contributed by atoms with Gasteiger partial charge in [-0.1, -0.05) is 42.5 Å². The van der Waals surface area contributed by atoms with E-state index in [1.165, 1.54) is 5.56 Å². The molecule has 1 aliphatic heterocycles. The first-order valence-corrected chi connectivity index (χ1v) is 10.0. The number of benzene rings is 2. The first kappa shape index (κ1) is 20.2. The normalized spacial score (nSPS) is 14.6. The highest BCUT2D eigenvalue weighted by Gasteiger charge is 2.25. The van der Waals surface area contributed by atoms with Gasteiger partial charge in [0.1, 0.15) is 5.75 Å². The van der Waals surface area contributed by atoms with Crippen LogP contribution in [0, 0.1) is 0 Å². The second kappa shape index (κ2) is 9.60. The van der Waals surface area contributed by atoms with E-state index in [1.54, 1.807) is 7.11 Å². The lowest BCUT2D eigenvalue weighted by Gasteiger charge is -2.38. The molecule has 5 nitrogen and oxygen atoms in total. The van der Waals surface area contributed by atoms with Gasteiger partial charge >= 0.3 is 0 Å². The van der Waals surface area contributed by atoms with Gasteiger partial charge in [0.2, 0.25) is 5.91 Å². The average Bonchev–Trinajstić information content (AvgIpc) is 2.74. The molecule has 1 fully saturated rings. The molecule has 0 aromatic heterocycles. The van der Waals surface area contributed by atoms with Crippen molar-refractivity contribution < 1.29 is 9.53 Å².